The van der Waals surface area contributed by atoms with Gasteiger partial charge in [0.2, 0.25) is 0 Å². The van der Waals surface area contributed by atoms with Gasteiger partial charge in [-0.2, -0.15) is 0 Å². The number of halogens is 1. The van der Waals surface area contributed by atoms with Gasteiger partial charge in [-0.3, -0.25) is 14.3 Å². The normalized spacial score (nSPS) is 30.7. The molecular weight excluding hydrogens is 367 g/mol. The molecule has 1 saturated heterocycles. The highest BCUT2D eigenvalue weighted by atomic mass is 127. The van der Waals surface area contributed by atoms with E-state index in [1.165, 1.54) is 6.20 Å². The van der Waals surface area contributed by atoms with Crippen molar-refractivity contribution in [3.63, 3.8) is 0 Å². The molecule has 1 aliphatic heterocycles. The van der Waals surface area contributed by atoms with Gasteiger partial charge in [0, 0.05) is 16.2 Å². The van der Waals surface area contributed by atoms with Crippen LogP contribution in [-0.2, 0) is 11.2 Å². The van der Waals surface area contributed by atoms with Crippen molar-refractivity contribution in [3.05, 3.63) is 32.6 Å². The van der Waals surface area contributed by atoms with E-state index in [4.69, 9.17) is 4.74 Å². The van der Waals surface area contributed by atoms with Crippen LogP contribution in [0.15, 0.2) is 15.8 Å². The number of nitrogens with one attached hydrogen (secondary N) is 1. The number of nitrogens with zero attached hydrogens (tertiary/aromatic N) is 1. The molecule has 106 valence electrons. The summed E-state index contributed by atoms with van der Waals surface area (Å²) in [7, 11) is 0. The molecule has 7 nitrogen and oxygen atoms in total. The fraction of sp³-hybridized carbons (Fsp3) is 0.636. The van der Waals surface area contributed by atoms with E-state index < -0.39 is 35.8 Å². The lowest BCUT2D eigenvalue weighted by Crippen LogP contribution is -2.38. The number of hydrogen-bond acceptors (Lipinski definition) is 5. The summed E-state index contributed by atoms with van der Waals surface area (Å²) in [4.78, 5) is 25.4. The fourth-order valence-electron chi connectivity index (χ4n) is 2.05. The van der Waals surface area contributed by atoms with E-state index in [1.54, 1.807) is 6.92 Å². The molecule has 0 bridgehead atoms. The first-order valence-electron chi connectivity index (χ1n) is 5.91. The maximum Gasteiger partial charge on any atom is 0.330 e. The van der Waals surface area contributed by atoms with Gasteiger partial charge in [0.05, 0.1) is 6.10 Å². The maximum absolute atomic E-state index is 11.8. The van der Waals surface area contributed by atoms with Gasteiger partial charge >= 0.3 is 5.69 Å². The molecule has 1 fully saturated rings. The highest BCUT2D eigenvalue weighted by Crippen LogP contribution is 2.29. The Morgan fingerprint density at radius 2 is 2.11 bits per heavy atom. The van der Waals surface area contributed by atoms with Gasteiger partial charge < -0.3 is 14.9 Å². The molecule has 2 rings (SSSR count). The second kappa shape index (κ2) is 5.73. The Bertz CT molecular complexity index is 569. The molecule has 4 atom stereocenters. The molecule has 3 N–H and O–H groups in total. The van der Waals surface area contributed by atoms with Crippen LogP contribution in [0, 0.1) is 0 Å². The topological polar surface area (TPSA) is 105 Å². The molecule has 0 radical (unpaired) electrons. The Labute approximate surface area is 122 Å². The minimum atomic E-state index is -1.20. The number of H-pyrrole nitrogens is 1. The van der Waals surface area contributed by atoms with E-state index in [-0.39, 0.29) is 0 Å². The molecule has 0 aliphatic carbocycles. The average molecular weight is 382 g/mol. The summed E-state index contributed by atoms with van der Waals surface area (Å²) in [5.41, 5.74) is -0.683. The summed E-state index contributed by atoms with van der Waals surface area (Å²) < 4.78 is 7.09. The first-order valence-corrected chi connectivity index (χ1v) is 7.44. The van der Waals surface area contributed by atoms with Crippen LogP contribution in [0.25, 0.3) is 0 Å². The van der Waals surface area contributed by atoms with E-state index >= 15 is 0 Å². The highest BCUT2D eigenvalue weighted by molar-refractivity contribution is 14.1. The van der Waals surface area contributed by atoms with Crippen LogP contribution >= 0.6 is 22.6 Å². The van der Waals surface area contributed by atoms with Crippen LogP contribution < -0.4 is 11.2 Å². The van der Waals surface area contributed by atoms with Gasteiger partial charge in [-0.05, 0) is 6.42 Å². The van der Waals surface area contributed by atoms with Gasteiger partial charge in [-0.25, -0.2) is 4.79 Å². The number of hydrogen-bond donors (Lipinski definition) is 3. The van der Waals surface area contributed by atoms with E-state index in [1.807, 2.05) is 22.6 Å². The molecule has 2 heterocycles. The quantitative estimate of drug-likeness (QED) is 0.467. The Hall–Kier alpha value is -0.710. The van der Waals surface area contributed by atoms with Gasteiger partial charge in [-0.1, -0.05) is 29.5 Å². The molecule has 1 aromatic heterocycles. The molecule has 19 heavy (non-hydrogen) atoms. The van der Waals surface area contributed by atoms with Crippen LogP contribution in [0.5, 0.6) is 0 Å². The van der Waals surface area contributed by atoms with Crippen LogP contribution in [-0.4, -0.2) is 42.5 Å². The first kappa shape index (κ1) is 14.7. The van der Waals surface area contributed by atoms with Crippen molar-refractivity contribution in [1.82, 2.24) is 9.55 Å². The van der Waals surface area contributed by atoms with Crippen LogP contribution in [0.3, 0.4) is 0 Å². The first-order chi connectivity index (χ1) is 8.99. The van der Waals surface area contributed by atoms with Crippen molar-refractivity contribution in [2.75, 3.05) is 4.43 Å². The third kappa shape index (κ3) is 2.62. The van der Waals surface area contributed by atoms with Gasteiger partial charge in [-0.15, -0.1) is 0 Å². The number of aromatic nitrogens is 2. The zero-order valence-corrected chi connectivity index (χ0v) is 12.4. The molecule has 8 heteroatoms. The van der Waals surface area contributed by atoms with Crippen molar-refractivity contribution in [2.24, 2.45) is 0 Å². The summed E-state index contributed by atoms with van der Waals surface area (Å²) in [6, 6.07) is 0. The lowest BCUT2D eigenvalue weighted by molar-refractivity contribution is -0.0336. The predicted molar refractivity (Wildman–Crippen MR) is 75.5 cm³/mol. The molecule has 0 unspecified atom stereocenters. The highest BCUT2D eigenvalue weighted by Gasteiger charge is 2.43. The summed E-state index contributed by atoms with van der Waals surface area (Å²) in [6.45, 7) is 1.79. The average Bonchev–Trinajstić information content (AvgIpc) is 2.67. The third-order valence-electron chi connectivity index (χ3n) is 3.19. The smallest absolute Gasteiger partial charge is 0.330 e. The number of alkyl halides is 1. The summed E-state index contributed by atoms with van der Waals surface area (Å²) >= 11 is 2.03. The molecular formula is C11H15IN2O5. The number of aliphatic hydroxyl groups is 2. The number of ether oxygens (including phenoxy) is 1. The van der Waals surface area contributed by atoms with Crippen molar-refractivity contribution in [1.29, 1.82) is 0 Å². The van der Waals surface area contributed by atoms with Gasteiger partial charge in [0.1, 0.15) is 12.2 Å². The SMILES string of the molecule is CCc1cn([C@@H]2O[C@H](CI)[C@@H](O)[C@H]2O)c(=O)[nH]c1=O. The van der Waals surface area contributed by atoms with Crippen LogP contribution in [0.2, 0.25) is 0 Å². The van der Waals surface area contributed by atoms with E-state index in [2.05, 4.69) is 4.98 Å². The lowest BCUT2D eigenvalue weighted by Gasteiger charge is -2.17. The molecule has 1 aliphatic rings. The Balaban J connectivity index is 2.43. The number of aliphatic hydroxyl groups excluding tert-OH is 2. The molecule has 0 spiro atoms. The monoisotopic (exact) mass is 382 g/mol. The number of aromatic amines is 1. The standard InChI is InChI=1S/C11H15IN2O5/c1-2-5-4-14(11(18)13-9(5)17)10-8(16)7(15)6(3-12)19-10/h4,6-8,10,15-16H,2-3H2,1H3,(H,13,17,18)/t6-,7-,8-,10-/m1/s1. The summed E-state index contributed by atoms with van der Waals surface area (Å²) in [6.07, 6.45) is -1.94. The Morgan fingerprint density at radius 3 is 2.63 bits per heavy atom. The second-order valence-corrected chi connectivity index (χ2v) is 5.26. The lowest BCUT2D eigenvalue weighted by atomic mass is 10.1. The van der Waals surface area contributed by atoms with Crippen molar-refractivity contribution < 1.29 is 14.9 Å². The maximum atomic E-state index is 11.8. The molecule has 0 amide bonds. The molecule has 0 aromatic carbocycles. The third-order valence-corrected chi connectivity index (χ3v) is 4.05. The zero-order chi connectivity index (χ0) is 14.2. The Morgan fingerprint density at radius 1 is 1.42 bits per heavy atom. The van der Waals surface area contributed by atoms with Gasteiger partial charge in [0.15, 0.2) is 6.23 Å². The van der Waals surface area contributed by atoms with Crippen LogP contribution in [0.4, 0.5) is 0 Å². The second-order valence-electron chi connectivity index (χ2n) is 4.38. The van der Waals surface area contributed by atoms with E-state index in [0.29, 0.717) is 16.4 Å². The van der Waals surface area contributed by atoms with E-state index in [9.17, 15) is 19.8 Å². The minimum absolute atomic E-state index is 0.419. The summed E-state index contributed by atoms with van der Waals surface area (Å²) in [5.74, 6) is 0. The summed E-state index contributed by atoms with van der Waals surface area (Å²) in [5, 5.41) is 19.7. The number of rotatable bonds is 3. The predicted octanol–water partition coefficient (Wildman–Crippen LogP) is -0.847. The number of aryl methyl sites for hydroxylation is 1. The van der Waals surface area contributed by atoms with Gasteiger partial charge in [0.25, 0.3) is 5.56 Å². The largest absolute Gasteiger partial charge is 0.387 e. The Kier molecular flexibility index (Phi) is 4.43. The molecule has 1 aromatic rings. The minimum Gasteiger partial charge on any atom is -0.387 e. The zero-order valence-electron chi connectivity index (χ0n) is 10.2. The van der Waals surface area contributed by atoms with Crippen molar-refractivity contribution >= 4 is 22.6 Å². The van der Waals surface area contributed by atoms with Crippen LogP contribution in [0.1, 0.15) is 18.7 Å². The van der Waals surface area contributed by atoms with Crippen molar-refractivity contribution in [3.8, 4) is 0 Å². The van der Waals surface area contributed by atoms with E-state index in [0.717, 1.165) is 4.57 Å². The fourth-order valence-corrected chi connectivity index (χ4v) is 2.78. The molecule has 0 saturated carbocycles. The van der Waals surface area contributed by atoms with Crippen molar-refractivity contribution in [2.45, 2.75) is 37.9 Å².